The molecule has 3 rings (SSSR count). The van der Waals surface area contributed by atoms with Crippen LogP contribution in [0.2, 0.25) is 5.02 Å². The normalized spacial score (nSPS) is 12.5. The third-order valence-corrected chi connectivity index (χ3v) is 8.20. The van der Waals surface area contributed by atoms with Gasteiger partial charge in [0.05, 0.1) is 15.6 Å². The van der Waals surface area contributed by atoms with E-state index in [9.17, 15) is 18.0 Å². The van der Waals surface area contributed by atoms with Gasteiger partial charge in [0, 0.05) is 12.1 Å². The molecule has 0 radical (unpaired) electrons. The molecule has 3 aromatic rings. The molecule has 1 N–H and O–H groups in total. The van der Waals surface area contributed by atoms with E-state index in [1.54, 1.807) is 43.3 Å². The van der Waals surface area contributed by atoms with Crippen LogP contribution in [0.4, 0.5) is 5.69 Å². The number of carbonyl (C=O) groups is 2. The van der Waals surface area contributed by atoms with E-state index in [2.05, 4.69) is 5.32 Å². The summed E-state index contributed by atoms with van der Waals surface area (Å²) in [6.45, 7) is 10.6. The molecule has 0 bridgehead atoms. The summed E-state index contributed by atoms with van der Waals surface area (Å²) in [4.78, 5) is 28.6. The lowest BCUT2D eigenvalue weighted by Crippen LogP contribution is -2.54. The summed E-state index contributed by atoms with van der Waals surface area (Å²) < 4.78 is 28.7. The summed E-state index contributed by atoms with van der Waals surface area (Å²) in [5.41, 5.74) is 2.39. The van der Waals surface area contributed by atoms with Gasteiger partial charge in [-0.3, -0.25) is 13.9 Å². The Morgan fingerprint density at radius 2 is 1.56 bits per heavy atom. The molecule has 1 unspecified atom stereocenters. The number of sulfonamides is 1. The number of amides is 2. The molecule has 0 fully saturated rings. The van der Waals surface area contributed by atoms with Crippen LogP contribution in [0.15, 0.2) is 77.7 Å². The van der Waals surface area contributed by atoms with Crippen LogP contribution in [0, 0.1) is 13.8 Å². The van der Waals surface area contributed by atoms with Gasteiger partial charge < -0.3 is 10.2 Å². The molecule has 0 saturated carbocycles. The monoisotopic (exact) mass is 569 g/mol. The summed E-state index contributed by atoms with van der Waals surface area (Å²) in [7, 11) is -4.18. The van der Waals surface area contributed by atoms with E-state index in [1.165, 1.54) is 17.0 Å². The van der Waals surface area contributed by atoms with Gasteiger partial charge in [0.15, 0.2) is 0 Å². The fraction of sp³-hybridized carbons (Fsp3) is 0.333. The third kappa shape index (κ3) is 7.83. The Morgan fingerprint density at radius 1 is 0.923 bits per heavy atom. The van der Waals surface area contributed by atoms with Crippen LogP contribution in [0.5, 0.6) is 0 Å². The predicted molar refractivity (Wildman–Crippen MR) is 156 cm³/mol. The number of benzene rings is 3. The van der Waals surface area contributed by atoms with Crippen LogP contribution in [0.25, 0.3) is 0 Å². The minimum absolute atomic E-state index is 0.0320. The fourth-order valence-corrected chi connectivity index (χ4v) is 5.79. The van der Waals surface area contributed by atoms with Crippen LogP contribution in [-0.4, -0.2) is 43.3 Å². The predicted octanol–water partition coefficient (Wildman–Crippen LogP) is 5.48. The molecular formula is C30H36ClN3O4S. The largest absolute Gasteiger partial charge is 0.350 e. The van der Waals surface area contributed by atoms with Gasteiger partial charge in [-0.05, 0) is 71.4 Å². The zero-order chi connectivity index (χ0) is 29.0. The third-order valence-electron chi connectivity index (χ3n) is 6.11. The molecule has 9 heteroatoms. The van der Waals surface area contributed by atoms with Crippen LogP contribution in [0.3, 0.4) is 0 Å². The van der Waals surface area contributed by atoms with Gasteiger partial charge in [-0.1, -0.05) is 71.3 Å². The molecule has 1 atom stereocenters. The Balaban J connectivity index is 2.05. The SMILES string of the molecule is Cc1ccc(S(=O)(=O)N(CC(=O)N(Cc2cccc(C)c2)C(C)C(=O)NC(C)(C)C)c2ccccc2Cl)cc1. The van der Waals surface area contributed by atoms with Crippen molar-refractivity contribution in [1.29, 1.82) is 0 Å². The second-order valence-electron chi connectivity index (χ2n) is 10.7. The van der Waals surface area contributed by atoms with Crippen molar-refractivity contribution in [2.24, 2.45) is 0 Å². The van der Waals surface area contributed by atoms with E-state index < -0.39 is 34.1 Å². The maximum atomic E-state index is 14.0. The van der Waals surface area contributed by atoms with Crippen molar-refractivity contribution in [3.63, 3.8) is 0 Å². The van der Waals surface area contributed by atoms with E-state index in [4.69, 9.17) is 11.6 Å². The smallest absolute Gasteiger partial charge is 0.264 e. The first-order valence-electron chi connectivity index (χ1n) is 12.7. The second kappa shape index (κ2) is 12.2. The number of carbonyl (C=O) groups excluding carboxylic acids is 2. The Morgan fingerprint density at radius 3 is 2.15 bits per heavy atom. The van der Waals surface area contributed by atoms with E-state index in [0.717, 1.165) is 21.0 Å². The molecule has 0 spiro atoms. The zero-order valence-electron chi connectivity index (χ0n) is 23.2. The number of nitrogens with zero attached hydrogens (tertiary/aromatic N) is 2. The van der Waals surface area contributed by atoms with Gasteiger partial charge in [0.25, 0.3) is 10.0 Å². The molecule has 0 saturated heterocycles. The zero-order valence-corrected chi connectivity index (χ0v) is 24.8. The molecular weight excluding hydrogens is 534 g/mol. The lowest BCUT2D eigenvalue weighted by atomic mass is 10.1. The average Bonchev–Trinajstić information content (AvgIpc) is 2.85. The lowest BCUT2D eigenvalue weighted by molar-refractivity contribution is -0.140. The Kier molecular flexibility index (Phi) is 9.46. The van der Waals surface area contributed by atoms with Gasteiger partial charge in [-0.25, -0.2) is 8.42 Å². The molecule has 7 nitrogen and oxygen atoms in total. The minimum atomic E-state index is -4.18. The van der Waals surface area contributed by atoms with E-state index in [-0.39, 0.29) is 28.1 Å². The minimum Gasteiger partial charge on any atom is -0.350 e. The van der Waals surface area contributed by atoms with Gasteiger partial charge in [-0.15, -0.1) is 0 Å². The van der Waals surface area contributed by atoms with Crippen LogP contribution in [0.1, 0.15) is 44.4 Å². The Hall–Kier alpha value is -3.36. The summed E-state index contributed by atoms with van der Waals surface area (Å²) >= 11 is 6.44. The summed E-state index contributed by atoms with van der Waals surface area (Å²) in [5, 5.41) is 3.11. The first-order valence-corrected chi connectivity index (χ1v) is 14.5. The molecule has 3 aromatic carbocycles. The first-order chi connectivity index (χ1) is 18.2. The van der Waals surface area contributed by atoms with Crippen LogP contribution in [-0.2, 0) is 26.2 Å². The molecule has 39 heavy (non-hydrogen) atoms. The Bertz CT molecular complexity index is 1430. The summed E-state index contributed by atoms with van der Waals surface area (Å²) in [6, 6.07) is 19.6. The highest BCUT2D eigenvalue weighted by atomic mass is 35.5. The van der Waals surface area contributed by atoms with Crippen molar-refractivity contribution in [3.8, 4) is 0 Å². The number of aryl methyl sites for hydroxylation is 2. The van der Waals surface area contributed by atoms with Crippen molar-refractivity contribution in [2.45, 2.75) is 64.6 Å². The van der Waals surface area contributed by atoms with Crippen molar-refractivity contribution < 1.29 is 18.0 Å². The van der Waals surface area contributed by atoms with Gasteiger partial charge in [0.1, 0.15) is 12.6 Å². The van der Waals surface area contributed by atoms with Crippen molar-refractivity contribution in [2.75, 3.05) is 10.8 Å². The fourth-order valence-electron chi connectivity index (χ4n) is 4.07. The Labute approximate surface area is 236 Å². The number of nitrogens with one attached hydrogen (secondary N) is 1. The maximum Gasteiger partial charge on any atom is 0.264 e. The highest BCUT2D eigenvalue weighted by Crippen LogP contribution is 2.31. The van der Waals surface area contributed by atoms with Gasteiger partial charge in [-0.2, -0.15) is 0 Å². The number of halogens is 1. The molecule has 0 aliphatic rings. The first kappa shape index (κ1) is 30.2. The maximum absolute atomic E-state index is 14.0. The van der Waals surface area contributed by atoms with E-state index in [0.29, 0.717) is 0 Å². The highest BCUT2D eigenvalue weighted by molar-refractivity contribution is 7.92. The molecule has 0 heterocycles. The van der Waals surface area contributed by atoms with E-state index in [1.807, 2.05) is 58.9 Å². The average molecular weight is 570 g/mol. The molecule has 0 aliphatic carbocycles. The van der Waals surface area contributed by atoms with Crippen molar-refractivity contribution in [3.05, 3.63) is 94.5 Å². The van der Waals surface area contributed by atoms with Crippen molar-refractivity contribution in [1.82, 2.24) is 10.2 Å². The van der Waals surface area contributed by atoms with Gasteiger partial charge >= 0.3 is 0 Å². The van der Waals surface area contributed by atoms with Crippen LogP contribution >= 0.6 is 11.6 Å². The molecule has 2 amide bonds. The number of rotatable bonds is 9. The standard InChI is InChI=1S/C30H36ClN3O4S/c1-21-14-16-25(17-15-21)39(37,38)34(27-13-8-7-12-26(27)31)20-28(35)33(19-24-11-9-10-22(2)18-24)23(3)29(36)32-30(4,5)6/h7-18,23H,19-20H2,1-6H3,(H,32,36). The van der Waals surface area contributed by atoms with Gasteiger partial charge in [0.2, 0.25) is 11.8 Å². The van der Waals surface area contributed by atoms with Crippen LogP contribution < -0.4 is 9.62 Å². The second-order valence-corrected chi connectivity index (χ2v) is 13.0. The lowest BCUT2D eigenvalue weighted by Gasteiger charge is -2.33. The molecule has 0 aromatic heterocycles. The molecule has 208 valence electrons. The summed E-state index contributed by atoms with van der Waals surface area (Å²) in [6.07, 6.45) is 0. The number of para-hydroxylation sites is 1. The molecule has 0 aliphatic heterocycles. The van der Waals surface area contributed by atoms with E-state index >= 15 is 0 Å². The highest BCUT2D eigenvalue weighted by Gasteiger charge is 2.34. The number of anilines is 1. The summed E-state index contributed by atoms with van der Waals surface area (Å²) in [5.74, 6) is -0.877. The number of hydrogen-bond acceptors (Lipinski definition) is 4. The van der Waals surface area contributed by atoms with Crippen molar-refractivity contribution >= 4 is 39.1 Å². The quantitative estimate of drug-likeness (QED) is 0.369. The number of hydrogen-bond donors (Lipinski definition) is 1. The topological polar surface area (TPSA) is 86.8 Å².